The first kappa shape index (κ1) is 17.4. The Morgan fingerprint density at radius 1 is 1.48 bits per heavy atom. The number of nitrogens with zero attached hydrogens (tertiary/aromatic N) is 2. The number of rotatable bonds is 4. The highest BCUT2D eigenvalue weighted by atomic mass is 16.6. The Balaban J connectivity index is 2.41. The van der Waals surface area contributed by atoms with Crippen molar-refractivity contribution in [2.24, 2.45) is 10.7 Å². The first-order valence-electron chi connectivity index (χ1n) is 7.13. The van der Waals surface area contributed by atoms with Crippen molar-refractivity contribution in [1.82, 2.24) is 4.90 Å². The van der Waals surface area contributed by atoms with Crippen LogP contribution in [0, 0.1) is 5.41 Å². The third-order valence-corrected chi connectivity index (χ3v) is 3.17. The van der Waals surface area contributed by atoms with Gasteiger partial charge in [-0.25, -0.2) is 4.79 Å². The molecule has 0 aromatic carbocycles. The molecule has 0 saturated carbocycles. The van der Waals surface area contributed by atoms with E-state index in [9.17, 15) is 9.90 Å². The highest BCUT2D eigenvalue weighted by Gasteiger charge is 2.35. The zero-order chi connectivity index (χ0) is 16.1. The second-order valence-electron chi connectivity index (χ2n) is 6.44. The van der Waals surface area contributed by atoms with Gasteiger partial charge in [0, 0.05) is 25.7 Å². The van der Waals surface area contributed by atoms with Gasteiger partial charge in [-0.05, 0) is 33.6 Å². The molecule has 0 bridgehead atoms. The highest BCUT2D eigenvalue weighted by Crippen LogP contribution is 2.23. The van der Waals surface area contributed by atoms with Crippen molar-refractivity contribution >= 4 is 18.1 Å². The maximum Gasteiger partial charge on any atom is 0.410 e. The van der Waals surface area contributed by atoms with E-state index in [1.165, 1.54) is 0 Å². The molecule has 7 nitrogen and oxygen atoms in total. The molecule has 0 unspecified atom stereocenters. The largest absolute Gasteiger partial charge is 0.444 e. The minimum Gasteiger partial charge on any atom is -0.444 e. The minimum atomic E-state index is -0.897. The quantitative estimate of drug-likeness (QED) is 0.533. The fourth-order valence-electron chi connectivity index (χ4n) is 1.99. The van der Waals surface area contributed by atoms with E-state index in [0.717, 1.165) is 0 Å². The predicted molar refractivity (Wildman–Crippen MR) is 81.9 cm³/mol. The van der Waals surface area contributed by atoms with Crippen LogP contribution in [0.25, 0.3) is 0 Å². The Morgan fingerprint density at radius 2 is 2.05 bits per heavy atom. The van der Waals surface area contributed by atoms with E-state index >= 15 is 0 Å². The van der Waals surface area contributed by atoms with Crippen LogP contribution in [-0.4, -0.2) is 59.0 Å². The SMILES string of the molecule is CC(C)(C)OC(=O)N1CCC(O)(CN=CCC(=N)N)CC1. The van der Waals surface area contributed by atoms with E-state index in [4.69, 9.17) is 15.9 Å². The number of likely N-dealkylation sites (tertiary alicyclic amines) is 1. The summed E-state index contributed by atoms with van der Waals surface area (Å²) in [5.41, 5.74) is 3.81. The van der Waals surface area contributed by atoms with Gasteiger partial charge in [0.25, 0.3) is 0 Å². The van der Waals surface area contributed by atoms with Crippen LogP contribution in [0.4, 0.5) is 4.79 Å². The van der Waals surface area contributed by atoms with Gasteiger partial charge in [-0.15, -0.1) is 0 Å². The van der Waals surface area contributed by atoms with Crippen LogP contribution in [0.15, 0.2) is 4.99 Å². The van der Waals surface area contributed by atoms with Crippen molar-refractivity contribution in [3.63, 3.8) is 0 Å². The van der Waals surface area contributed by atoms with Gasteiger partial charge >= 0.3 is 6.09 Å². The van der Waals surface area contributed by atoms with Crippen molar-refractivity contribution in [1.29, 1.82) is 5.41 Å². The van der Waals surface area contributed by atoms with Gasteiger partial charge in [-0.1, -0.05) is 0 Å². The molecule has 1 rings (SSSR count). The third kappa shape index (κ3) is 6.57. The van der Waals surface area contributed by atoms with Crippen LogP contribution >= 0.6 is 0 Å². The molecular formula is C14H26N4O3. The van der Waals surface area contributed by atoms with E-state index < -0.39 is 11.2 Å². The number of carbonyl (C=O) groups excluding carboxylic acids is 1. The molecule has 120 valence electrons. The van der Waals surface area contributed by atoms with E-state index in [0.29, 0.717) is 32.4 Å². The number of amidine groups is 1. The molecule has 0 aromatic rings. The Morgan fingerprint density at radius 3 is 2.52 bits per heavy atom. The number of carbonyl (C=O) groups is 1. The minimum absolute atomic E-state index is 0.0467. The van der Waals surface area contributed by atoms with Crippen LogP contribution in [-0.2, 0) is 4.74 Å². The Kier molecular flexibility index (Phi) is 5.71. The summed E-state index contributed by atoms with van der Waals surface area (Å²) in [6, 6.07) is 0. The van der Waals surface area contributed by atoms with Gasteiger partial charge < -0.3 is 20.5 Å². The molecule has 1 heterocycles. The lowest BCUT2D eigenvalue weighted by Crippen LogP contribution is -2.49. The van der Waals surface area contributed by atoms with Gasteiger partial charge in [0.1, 0.15) is 5.60 Å². The van der Waals surface area contributed by atoms with Gasteiger partial charge in [0.2, 0.25) is 0 Å². The maximum atomic E-state index is 11.9. The molecule has 1 aliphatic heterocycles. The van der Waals surface area contributed by atoms with Crippen molar-refractivity contribution in [2.75, 3.05) is 19.6 Å². The fraction of sp³-hybridized carbons (Fsp3) is 0.786. The Bertz CT molecular complexity index is 407. The van der Waals surface area contributed by atoms with Crippen LogP contribution in [0.5, 0.6) is 0 Å². The highest BCUT2D eigenvalue weighted by molar-refractivity contribution is 5.90. The standard InChI is InChI=1S/C14H26N4O3/c1-13(2,3)21-12(19)18-8-5-14(20,6-9-18)10-17-7-4-11(15)16/h7,20H,4-6,8-10H2,1-3H3,(H3,15,16). The van der Waals surface area contributed by atoms with E-state index in [-0.39, 0.29) is 18.5 Å². The average Bonchev–Trinajstić information content (AvgIpc) is 2.33. The van der Waals surface area contributed by atoms with Gasteiger partial charge in [0.15, 0.2) is 0 Å². The summed E-state index contributed by atoms with van der Waals surface area (Å²) in [5, 5.41) is 17.5. The monoisotopic (exact) mass is 298 g/mol. The lowest BCUT2D eigenvalue weighted by atomic mass is 9.92. The number of hydrogen-bond donors (Lipinski definition) is 3. The molecule has 0 aromatic heterocycles. The zero-order valence-electron chi connectivity index (χ0n) is 13.1. The number of aliphatic hydroxyl groups is 1. The van der Waals surface area contributed by atoms with E-state index in [1.807, 2.05) is 20.8 Å². The number of piperidine rings is 1. The molecule has 4 N–H and O–H groups in total. The molecule has 0 spiro atoms. The van der Waals surface area contributed by atoms with Crippen molar-refractivity contribution in [3.8, 4) is 0 Å². The number of hydrogen-bond acceptors (Lipinski definition) is 5. The Labute approximate surface area is 125 Å². The molecule has 1 fully saturated rings. The fourth-order valence-corrected chi connectivity index (χ4v) is 1.99. The van der Waals surface area contributed by atoms with Crippen LogP contribution < -0.4 is 5.73 Å². The van der Waals surface area contributed by atoms with Crippen molar-refractivity contribution < 1.29 is 14.6 Å². The number of amides is 1. The van der Waals surface area contributed by atoms with Crippen molar-refractivity contribution in [2.45, 2.75) is 51.2 Å². The molecular weight excluding hydrogens is 272 g/mol. The van der Waals surface area contributed by atoms with E-state index in [1.54, 1.807) is 11.1 Å². The second-order valence-corrected chi connectivity index (χ2v) is 6.44. The molecule has 21 heavy (non-hydrogen) atoms. The summed E-state index contributed by atoms with van der Waals surface area (Å²) in [7, 11) is 0. The lowest BCUT2D eigenvalue weighted by molar-refractivity contribution is -0.0263. The summed E-state index contributed by atoms with van der Waals surface area (Å²) in [5.74, 6) is 0.0467. The molecule has 0 aliphatic carbocycles. The summed E-state index contributed by atoms with van der Waals surface area (Å²) < 4.78 is 5.31. The molecule has 0 atom stereocenters. The molecule has 1 saturated heterocycles. The molecule has 0 radical (unpaired) electrons. The van der Waals surface area contributed by atoms with Crippen LogP contribution in [0.3, 0.4) is 0 Å². The summed E-state index contributed by atoms with van der Waals surface area (Å²) >= 11 is 0. The predicted octanol–water partition coefficient (Wildman–Crippen LogP) is 1.15. The third-order valence-electron chi connectivity index (χ3n) is 3.17. The first-order chi connectivity index (χ1) is 9.61. The summed E-state index contributed by atoms with van der Waals surface area (Å²) in [6.07, 6.45) is 2.41. The number of nitrogens with one attached hydrogen (secondary N) is 1. The normalized spacial score (nSPS) is 18.8. The zero-order valence-corrected chi connectivity index (χ0v) is 13.1. The van der Waals surface area contributed by atoms with E-state index in [2.05, 4.69) is 4.99 Å². The molecule has 1 aliphatic rings. The average molecular weight is 298 g/mol. The topological polar surface area (TPSA) is 112 Å². The Hall–Kier alpha value is -1.63. The smallest absolute Gasteiger partial charge is 0.410 e. The second kappa shape index (κ2) is 6.89. The number of nitrogens with two attached hydrogens (primary N) is 1. The summed E-state index contributed by atoms with van der Waals surface area (Å²) in [6.45, 7) is 6.66. The van der Waals surface area contributed by atoms with Gasteiger partial charge in [0.05, 0.1) is 18.0 Å². The first-order valence-corrected chi connectivity index (χ1v) is 7.13. The van der Waals surface area contributed by atoms with Gasteiger partial charge in [-0.3, -0.25) is 10.4 Å². The maximum absolute atomic E-state index is 11.9. The lowest BCUT2D eigenvalue weighted by Gasteiger charge is -2.37. The molecule has 7 heteroatoms. The summed E-state index contributed by atoms with van der Waals surface area (Å²) in [4.78, 5) is 17.6. The van der Waals surface area contributed by atoms with Crippen LogP contribution in [0.2, 0.25) is 0 Å². The van der Waals surface area contributed by atoms with Crippen LogP contribution in [0.1, 0.15) is 40.0 Å². The number of ether oxygens (including phenoxy) is 1. The van der Waals surface area contributed by atoms with Crippen molar-refractivity contribution in [3.05, 3.63) is 0 Å². The van der Waals surface area contributed by atoms with Gasteiger partial charge in [-0.2, -0.15) is 0 Å². The molecule has 1 amide bonds. The number of aliphatic imine (C=N–C) groups is 1.